The van der Waals surface area contributed by atoms with Crippen LogP contribution in [0.5, 0.6) is 5.75 Å². The molecular formula is C21H27N3O. The molecule has 1 aromatic heterocycles. The van der Waals surface area contributed by atoms with Crippen molar-refractivity contribution in [1.29, 1.82) is 0 Å². The highest BCUT2D eigenvalue weighted by Gasteiger charge is 2.49. The summed E-state index contributed by atoms with van der Waals surface area (Å²) < 4.78 is 0. The number of nitrogens with zero attached hydrogens (tertiary/aromatic N) is 3. The molecule has 2 aliphatic rings. The van der Waals surface area contributed by atoms with E-state index in [1.54, 1.807) is 6.07 Å². The van der Waals surface area contributed by atoms with E-state index >= 15 is 0 Å². The van der Waals surface area contributed by atoms with Crippen LogP contribution in [0.25, 0.3) is 11.1 Å². The minimum absolute atomic E-state index is 0.381. The summed E-state index contributed by atoms with van der Waals surface area (Å²) in [6.07, 6.45) is 8.99. The first-order valence-electron chi connectivity index (χ1n) is 9.15. The first kappa shape index (κ1) is 16.5. The van der Waals surface area contributed by atoms with Crippen molar-refractivity contribution in [1.82, 2.24) is 14.9 Å². The third-order valence-corrected chi connectivity index (χ3v) is 5.87. The number of rotatable bonds is 3. The van der Waals surface area contributed by atoms with Gasteiger partial charge in [-0.15, -0.1) is 0 Å². The predicted molar refractivity (Wildman–Crippen MR) is 99.1 cm³/mol. The Kier molecular flexibility index (Phi) is 3.84. The van der Waals surface area contributed by atoms with Crippen molar-refractivity contribution < 1.29 is 5.11 Å². The molecule has 1 aromatic carbocycles. The van der Waals surface area contributed by atoms with Crippen LogP contribution < -0.4 is 0 Å². The first-order chi connectivity index (χ1) is 11.8. The van der Waals surface area contributed by atoms with Gasteiger partial charge in [0.15, 0.2) is 0 Å². The van der Waals surface area contributed by atoms with Crippen molar-refractivity contribution >= 4 is 0 Å². The number of hydrogen-bond donors (Lipinski definition) is 1. The monoisotopic (exact) mass is 337 g/mol. The average molecular weight is 337 g/mol. The lowest BCUT2D eigenvalue weighted by molar-refractivity contribution is 0.126. The second-order valence-corrected chi connectivity index (χ2v) is 9.09. The van der Waals surface area contributed by atoms with Gasteiger partial charge in [-0.25, -0.2) is 9.97 Å². The van der Waals surface area contributed by atoms with Gasteiger partial charge in [-0.05, 0) is 47.8 Å². The summed E-state index contributed by atoms with van der Waals surface area (Å²) in [6, 6.07) is 6.44. The molecule has 0 amide bonds. The Morgan fingerprint density at radius 2 is 1.88 bits per heavy atom. The number of hydrogen-bond acceptors (Lipinski definition) is 4. The Labute approximate surface area is 149 Å². The van der Waals surface area contributed by atoms with Crippen molar-refractivity contribution in [2.75, 3.05) is 6.54 Å². The first-order valence-corrected chi connectivity index (χ1v) is 9.15. The molecule has 2 heterocycles. The molecule has 2 aromatic rings. The Bertz CT molecular complexity index is 774. The Balaban J connectivity index is 1.59. The van der Waals surface area contributed by atoms with Gasteiger partial charge < -0.3 is 5.11 Å². The molecule has 1 aliphatic carbocycles. The van der Waals surface area contributed by atoms with Crippen molar-refractivity contribution in [2.45, 2.75) is 52.6 Å². The molecule has 4 nitrogen and oxygen atoms in total. The third kappa shape index (κ3) is 3.28. The van der Waals surface area contributed by atoms with E-state index in [-0.39, 0.29) is 0 Å². The lowest BCUT2D eigenvalue weighted by Gasteiger charge is -2.40. The summed E-state index contributed by atoms with van der Waals surface area (Å²) >= 11 is 0. The number of aromatic nitrogens is 2. The molecule has 4 heteroatoms. The van der Waals surface area contributed by atoms with Gasteiger partial charge in [0.1, 0.15) is 12.1 Å². The molecule has 1 aliphatic heterocycles. The van der Waals surface area contributed by atoms with Crippen LogP contribution in [-0.4, -0.2) is 32.6 Å². The number of fused-ring (bicyclic) bond motifs is 2. The van der Waals surface area contributed by atoms with E-state index in [0.717, 1.165) is 29.8 Å². The fourth-order valence-corrected chi connectivity index (χ4v) is 5.32. The molecule has 1 saturated heterocycles. The zero-order chi connectivity index (χ0) is 17.7. The van der Waals surface area contributed by atoms with Gasteiger partial charge in [0, 0.05) is 42.7 Å². The quantitative estimate of drug-likeness (QED) is 0.909. The third-order valence-electron chi connectivity index (χ3n) is 5.87. The van der Waals surface area contributed by atoms with Crippen LogP contribution in [0.15, 0.2) is 36.9 Å². The summed E-state index contributed by atoms with van der Waals surface area (Å²) in [6.45, 7) is 9.16. The molecular weight excluding hydrogens is 310 g/mol. The molecule has 4 rings (SSSR count). The maximum absolute atomic E-state index is 10.4. The van der Waals surface area contributed by atoms with Gasteiger partial charge >= 0.3 is 0 Å². The van der Waals surface area contributed by atoms with E-state index < -0.39 is 0 Å². The summed E-state index contributed by atoms with van der Waals surface area (Å²) in [5, 5.41) is 10.4. The molecule has 25 heavy (non-hydrogen) atoms. The molecule has 0 radical (unpaired) electrons. The molecule has 2 atom stereocenters. The number of phenols is 1. The lowest BCUT2D eigenvalue weighted by atomic mass is 9.65. The molecule has 1 saturated carbocycles. The number of phenolic OH excluding ortho intramolecular Hbond substituents is 1. The fraction of sp³-hybridized carbons (Fsp3) is 0.524. The molecule has 2 fully saturated rings. The second-order valence-electron chi connectivity index (χ2n) is 9.09. The van der Waals surface area contributed by atoms with E-state index in [1.165, 1.54) is 25.6 Å². The molecule has 0 spiro atoms. The number of likely N-dealkylation sites (tertiary alicyclic amines) is 1. The van der Waals surface area contributed by atoms with Gasteiger partial charge in [0.05, 0.1) is 0 Å². The van der Waals surface area contributed by atoms with Crippen molar-refractivity contribution in [3.63, 3.8) is 0 Å². The topological polar surface area (TPSA) is 49.2 Å². The van der Waals surface area contributed by atoms with E-state index in [0.29, 0.717) is 22.6 Å². The van der Waals surface area contributed by atoms with Crippen LogP contribution >= 0.6 is 0 Å². The number of aromatic hydroxyl groups is 1. The minimum atomic E-state index is 0.381. The maximum atomic E-state index is 10.4. The highest BCUT2D eigenvalue weighted by Crippen LogP contribution is 2.52. The number of benzene rings is 1. The summed E-state index contributed by atoms with van der Waals surface area (Å²) in [5.41, 5.74) is 3.86. The fourth-order valence-electron chi connectivity index (χ4n) is 5.32. The van der Waals surface area contributed by atoms with Crippen molar-refractivity contribution in [3.05, 3.63) is 42.5 Å². The van der Waals surface area contributed by atoms with Crippen LogP contribution in [0.1, 0.15) is 45.6 Å². The van der Waals surface area contributed by atoms with Crippen molar-refractivity contribution in [2.24, 2.45) is 10.8 Å². The zero-order valence-electron chi connectivity index (χ0n) is 15.4. The average Bonchev–Trinajstić information content (AvgIpc) is 2.78. The van der Waals surface area contributed by atoms with E-state index in [1.807, 2.05) is 18.5 Å². The van der Waals surface area contributed by atoms with E-state index in [9.17, 15) is 5.11 Å². The lowest BCUT2D eigenvalue weighted by Crippen LogP contribution is -2.34. The summed E-state index contributed by atoms with van der Waals surface area (Å²) in [4.78, 5) is 10.8. The van der Waals surface area contributed by atoms with Gasteiger partial charge in [-0.3, -0.25) is 4.90 Å². The largest absolute Gasteiger partial charge is 0.508 e. The smallest absolute Gasteiger partial charge is 0.120 e. The summed E-state index contributed by atoms with van der Waals surface area (Å²) in [5.74, 6) is 0.381. The highest BCUT2D eigenvalue weighted by atomic mass is 16.3. The van der Waals surface area contributed by atoms with E-state index in [4.69, 9.17) is 0 Å². The zero-order valence-corrected chi connectivity index (χ0v) is 15.4. The SMILES string of the molecule is CC1(C)C[C@@H]2C[C@](C)(CN2Cc2cc(-c3cncnc3)ccc2O)C1. The molecule has 2 bridgehead atoms. The van der Waals surface area contributed by atoms with Crippen LogP contribution in [0.2, 0.25) is 0 Å². The van der Waals surface area contributed by atoms with Gasteiger partial charge in [0.25, 0.3) is 0 Å². The minimum Gasteiger partial charge on any atom is -0.508 e. The second kappa shape index (κ2) is 5.80. The van der Waals surface area contributed by atoms with Crippen LogP contribution in [0, 0.1) is 10.8 Å². The molecule has 132 valence electrons. The Morgan fingerprint density at radius 1 is 1.12 bits per heavy atom. The molecule has 1 N–H and O–H groups in total. The Hall–Kier alpha value is -1.94. The van der Waals surface area contributed by atoms with Gasteiger partial charge in [0.2, 0.25) is 0 Å². The normalized spacial score (nSPS) is 28.2. The standard InChI is InChI=1S/C21H27N3O/c1-20(2)7-18-8-21(3,12-20)13-24(18)11-16-6-15(4-5-19(16)25)17-9-22-14-23-10-17/h4-6,9-10,14,18,25H,7-8,11-13H2,1-3H3/t18-,21+/m1/s1. The van der Waals surface area contributed by atoms with Gasteiger partial charge in [-0.1, -0.05) is 26.8 Å². The van der Waals surface area contributed by atoms with E-state index in [2.05, 4.69) is 41.7 Å². The van der Waals surface area contributed by atoms with Crippen molar-refractivity contribution in [3.8, 4) is 16.9 Å². The predicted octanol–water partition coefficient (Wildman–Crippen LogP) is 4.25. The molecule has 0 unspecified atom stereocenters. The highest BCUT2D eigenvalue weighted by molar-refractivity contribution is 5.63. The Morgan fingerprint density at radius 3 is 2.64 bits per heavy atom. The summed E-state index contributed by atoms with van der Waals surface area (Å²) in [7, 11) is 0. The maximum Gasteiger partial charge on any atom is 0.120 e. The van der Waals surface area contributed by atoms with Gasteiger partial charge in [-0.2, -0.15) is 0 Å². The van der Waals surface area contributed by atoms with Crippen LogP contribution in [0.4, 0.5) is 0 Å². The van der Waals surface area contributed by atoms with Crippen LogP contribution in [-0.2, 0) is 6.54 Å². The van der Waals surface area contributed by atoms with Crippen LogP contribution in [0.3, 0.4) is 0 Å².